The molecule has 0 radical (unpaired) electrons. The predicted octanol–water partition coefficient (Wildman–Crippen LogP) is 4.03. The number of rotatable bonds is 5. The molecule has 100 valence electrons. The molecule has 0 aliphatic heterocycles. The summed E-state index contributed by atoms with van der Waals surface area (Å²) in [5.41, 5.74) is 0. The summed E-state index contributed by atoms with van der Waals surface area (Å²) in [6, 6.07) is 8.32. The highest BCUT2D eigenvalue weighted by molar-refractivity contribution is 6.32. The minimum atomic E-state index is 0.145. The van der Waals surface area contributed by atoms with E-state index in [2.05, 4.69) is 12.2 Å². The molecule has 1 aromatic rings. The first-order chi connectivity index (χ1) is 8.75. The smallest absolute Gasteiger partial charge is 0.138 e. The average Bonchev–Trinajstić information content (AvgIpc) is 2.40. The van der Waals surface area contributed by atoms with Crippen LogP contribution in [0.15, 0.2) is 24.3 Å². The number of ether oxygens (including phenoxy) is 1. The Kier molecular flexibility index (Phi) is 5.33. The van der Waals surface area contributed by atoms with E-state index in [0.29, 0.717) is 11.1 Å². The lowest BCUT2D eigenvalue weighted by Crippen LogP contribution is -2.37. The molecule has 1 aliphatic carbocycles. The summed E-state index contributed by atoms with van der Waals surface area (Å²) in [6.07, 6.45) is 6.86. The number of para-hydroxylation sites is 1. The molecular weight excluding hydrogens is 246 g/mol. The molecule has 2 nitrogen and oxygen atoms in total. The first-order valence-electron chi connectivity index (χ1n) is 6.90. The van der Waals surface area contributed by atoms with Crippen LogP contribution in [0.3, 0.4) is 0 Å². The Labute approximate surface area is 115 Å². The van der Waals surface area contributed by atoms with Crippen molar-refractivity contribution in [1.29, 1.82) is 0 Å². The predicted molar refractivity (Wildman–Crippen MR) is 76.4 cm³/mol. The molecule has 0 saturated heterocycles. The molecular formula is C15H22ClNO. The maximum atomic E-state index is 6.07. The first-order valence-corrected chi connectivity index (χ1v) is 7.28. The highest BCUT2D eigenvalue weighted by atomic mass is 35.5. The van der Waals surface area contributed by atoms with Crippen LogP contribution >= 0.6 is 11.6 Å². The quantitative estimate of drug-likeness (QED) is 0.870. The molecule has 1 aliphatic rings. The lowest BCUT2D eigenvalue weighted by molar-refractivity contribution is 0.205. The maximum Gasteiger partial charge on any atom is 0.138 e. The van der Waals surface area contributed by atoms with Gasteiger partial charge in [0.25, 0.3) is 0 Å². The van der Waals surface area contributed by atoms with Crippen LogP contribution in [-0.4, -0.2) is 18.7 Å². The van der Waals surface area contributed by atoms with Crippen LogP contribution < -0.4 is 10.1 Å². The number of benzene rings is 1. The Morgan fingerprint density at radius 3 is 2.72 bits per heavy atom. The van der Waals surface area contributed by atoms with Crippen molar-refractivity contribution in [2.45, 2.75) is 51.2 Å². The van der Waals surface area contributed by atoms with Crippen molar-refractivity contribution in [3.8, 4) is 5.75 Å². The van der Waals surface area contributed by atoms with Crippen molar-refractivity contribution >= 4 is 11.6 Å². The van der Waals surface area contributed by atoms with E-state index >= 15 is 0 Å². The third-order valence-corrected chi connectivity index (χ3v) is 3.78. The first kappa shape index (κ1) is 13.7. The minimum Gasteiger partial charge on any atom is -0.488 e. The number of hydrogen-bond acceptors (Lipinski definition) is 2. The van der Waals surface area contributed by atoms with Gasteiger partial charge in [-0.1, -0.05) is 43.0 Å². The summed E-state index contributed by atoms with van der Waals surface area (Å²) < 4.78 is 5.84. The minimum absolute atomic E-state index is 0.145. The van der Waals surface area contributed by atoms with Crippen LogP contribution in [0, 0.1) is 0 Å². The Bertz CT molecular complexity index is 363. The van der Waals surface area contributed by atoms with E-state index in [1.54, 1.807) is 0 Å². The third kappa shape index (κ3) is 4.18. The Morgan fingerprint density at radius 2 is 2.00 bits per heavy atom. The molecule has 0 aromatic heterocycles. The Hall–Kier alpha value is -0.730. The molecule has 2 rings (SSSR count). The van der Waals surface area contributed by atoms with Crippen LogP contribution in [0.1, 0.15) is 39.0 Å². The van der Waals surface area contributed by atoms with E-state index in [-0.39, 0.29) is 6.10 Å². The molecule has 3 heteroatoms. The van der Waals surface area contributed by atoms with Gasteiger partial charge >= 0.3 is 0 Å². The highest BCUT2D eigenvalue weighted by Gasteiger charge is 2.14. The van der Waals surface area contributed by atoms with E-state index < -0.39 is 0 Å². The molecule has 1 aromatic carbocycles. The van der Waals surface area contributed by atoms with Gasteiger partial charge in [0.05, 0.1) is 5.02 Å². The van der Waals surface area contributed by atoms with Gasteiger partial charge in [-0.05, 0) is 31.9 Å². The fourth-order valence-corrected chi connectivity index (χ4v) is 2.62. The fourth-order valence-electron chi connectivity index (χ4n) is 2.44. The largest absolute Gasteiger partial charge is 0.488 e. The molecule has 1 fully saturated rings. The van der Waals surface area contributed by atoms with Gasteiger partial charge in [0.15, 0.2) is 0 Å². The van der Waals surface area contributed by atoms with Gasteiger partial charge in [0.2, 0.25) is 0 Å². The SMILES string of the molecule is CC(CNC1CCCCC1)Oc1ccccc1Cl. The second-order valence-electron chi connectivity index (χ2n) is 5.10. The molecule has 0 heterocycles. The van der Waals surface area contributed by atoms with Gasteiger partial charge in [-0.25, -0.2) is 0 Å². The lowest BCUT2D eigenvalue weighted by Gasteiger charge is -2.25. The molecule has 18 heavy (non-hydrogen) atoms. The van der Waals surface area contributed by atoms with E-state index in [9.17, 15) is 0 Å². The highest BCUT2D eigenvalue weighted by Crippen LogP contribution is 2.24. The molecule has 1 saturated carbocycles. The third-order valence-electron chi connectivity index (χ3n) is 3.46. The zero-order chi connectivity index (χ0) is 12.8. The second-order valence-corrected chi connectivity index (χ2v) is 5.51. The van der Waals surface area contributed by atoms with Crippen LogP contribution in [0.5, 0.6) is 5.75 Å². The molecule has 1 unspecified atom stereocenters. The van der Waals surface area contributed by atoms with Gasteiger partial charge in [-0.3, -0.25) is 0 Å². The van der Waals surface area contributed by atoms with Crippen LogP contribution in [0.2, 0.25) is 5.02 Å². The van der Waals surface area contributed by atoms with E-state index in [4.69, 9.17) is 16.3 Å². The van der Waals surface area contributed by atoms with Gasteiger partial charge in [0.1, 0.15) is 11.9 Å². The van der Waals surface area contributed by atoms with Crippen LogP contribution in [0.4, 0.5) is 0 Å². The van der Waals surface area contributed by atoms with E-state index in [1.165, 1.54) is 32.1 Å². The Balaban J connectivity index is 1.74. The summed E-state index contributed by atoms with van der Waals surface area (Å²) in [5, 5.41) is 4.28. The van der Waals surface area contributed by atoms with Crippen molar-refractivity contribution < 1.29 is 4.74 Å². The number of hydrogen-bond donors (Lipinski definition) is 1. The Morgan fingerprint density at radius 1 is 1.28 bits per heavy atom. The van der Waals surface area contributed by atoms with Crippen molar-refractivity contribution in [3.05, 3.63) is 29.3 Å². The maximum absolute atomic E-state index is 6.07. The number of nitrogens with one attached hydrogen (secondary N) is 1. The van der Waals surface area contributed by atoms with Crippen molar-refractivity contribution in [2.75, 3.05) is 6.54 Å². The normalized spacial score (nSPS) is 18.6. The lowest BCUT2D eigenvalue weighted by atomic mass is 9.95. The van der Waals surface area contributed by atoms with E-state index in [0.717, 1.165) is 12.3 Å². The average molecular weight is 268 g/mol. The second kappa shape index (κ2) is 7.01. The summed E-state index contributed by atoms with van der Waals surface area (Å²) in [4.78, 5) is 0. The zero-order valence-corrected chi connectivity index (χ0v) is 11.7. The summed E-state index contributed by atoms with van der Waals surface area (Å²) in [7, 11) is 0. The topological polar surface area (TPSA) is 21.3 Å². The molecule has 0 amide bonds. The van der Waals surface area contributed by atoms with Crippen molar-refractivity contribution in [2.24, 2.45) is 0 Å². The van der Waals surface area contributed by atoms with Gasteiger partial charge in [0, 0.05) is 12.6 Å². The van der Waals surface area contributed by atoms with Crippen LogP contribution in [-0.2, 0) is 0 Å². The van der Waals surface area contributed by atoms with Gasteiger partial charge in [-0.2, -0.15) is 0 Å². The van der Waals surface area contributed by atoms with Crippen molar-refractivity contribution in [3.63, 3.8) is 0 Å². The van der Waals surface area contributed by atoms with Gasteiger partial charge in [-0.15, -0.1) is 0 Å². The summed E-state index contributed by atoms with van der Waals surface area (Å²) >= 11 is 6.07. The fraction of sp³-hybridized carbons (Fsp3) is 0.600. The molecule has 0 bridgehead atoms. The van der Waals surface area contributed by atoms with E-state index in [1.807, 2.05) is 24.3 Å². The van der Waals surface area contributed by atoms with Gasteiger partial charge < -0.3 is 10.1 Å². The van der Waals surface area contributed by atoms with Crippen LogP contribution in [0.25, 0.3) is 0 Å². The molecule has 0 spiro atoms. The summed E-state index contributed by atoms with van der Waals surface area (Å²) in [5.74, 6) is 0.775. The monoisotopic (exact) mass is 267 g/mol. The number of halogens is 1. The zero-order valence-electron chi connectivity index (χ0n) is 11.0. The summed E-state index contributed by atoms with van der Waals surface area (Å²) in [6.45, 7) is 2.97. The van der Waals surface area contributed by atoms with Crippen molar-refractivity contribution in [1.82, 2.24) is 5.32 Å². The molecule has 1 N–H and O–H groups in total. The standard InChI is InChI=1S/C15H22ClNO/c1-12(11-17-13-7-3-2-4-8-13)18-15-10-6-5-9-14(15)16/h5-6,9-10,12-13,17H,2-4,7-8,11H2,1H3. The molecule has 1 atom stereocenters.